The van der Waals surface area contributed by atoms with Crippen molar-refractivity contribution in [1.82, 2.24) is 14.8 Å². The summed E-state index contributed by atoms with van der Waals surface area (Å²) < 4.78 is 12.0. The van der Waals surface area contributed by atoms with Gasteiger partial charge in [-0.05, 0) is 24.6 Å². The van der Waals surface area contributed by atoms with Crippen LogP contribution in [0.2, 0.25) is 5.02 Å². The van der Waals surface area contributed by atoms with Gasteiger partial charge in [0, 0.05) is 13.0 Å². The van der Waals surface area contributed by atoms with Gasteiger partial charge in [-0.15, -0.1) is 16.8 Å². The fourth-order valence-corrected chi connectivity index (χ4v) is 3.24. The summed E-state index contributed by atoms with van der Waals surface area (Å²) in [6.07, 6.45) is 2.33. The Bertz CT molecular complexity index is 749. The van der Waals surface area contributed by atoms with Crippen LogP contribution in [0.15, 0.2) is 36.0 Å². The van der Waals surface area contributed by atoms with E-state index in [0.717, 1.165) is 11.4 Å². The first-order valence-electron chi connectivity index (χ1n) is 7.72. The highest BCUT2D eigenvalue weighted by Crippen LogP contribution is 2.26. The predicted octanol–water partition coefficient (Wildman–Crippen LogP) is 3.37. The van der Waals surface area contributed by atoms with Crippen LogP contribution in [-0.2, 0) is 22.5 Å². The number of nitrogens with zero attached hydrogens (tertiary/aromatic N) is 3. The highest BCUT2D eigenvalue weighted by Gasteiger charge is 2.15. The number of aromatic nitrogens is 3. The number of hydrogen-bond acceptors (Lipinski definition) is 6. The Hall–Kier alpha value is -1.99. The van der Waals surface area contributed by atoms with Crippen molar-refractivity contribution in [2.45, 2.75) is 25.0 Å². The quantitative estimate of drug-likeness (QED) is 0.377. The molecule has 0 amide bonds. The van der Waals surface area contributed by atoms with Gasteiger partial charge in [-0.1, -0.05) is 35.5 Å². The summed E-state index contributed by atoms with van der Waals surface area (Å²) >= 11 is 7.47. The molecule has 134 valence electrons. The Labute approximate surface area is 156 Å². The van der Waals surface area contributed by atoms with Crippen LogP contribution >= 0.6 is 23.4 Å². The summed E-state index contributed by atoms with van der Waals surface area (Å²) in [4.78, 5) is 11.5. The maximum absolute atomic E-state index is 11.5. The molecule has 0 aliphatic heterocycles. The van der Waals surface area contributed by atoms with Gasteiger partial charge >= 0.3 is 5.97 Å². The van der Waals surface area contributed by atoms with Crippen molar-refractivity contribution in [3.8, 4) is 5.75 Å². The summed E-state index contributed by atoms with van der Waals surface area (Å²) in [6, 6.07) is 5.60. The van der Waals surface area contributed by atoms with Crippen LogP contribution in [0.5, 0.6) is 5.75 Å². The molecule has 0 N–H and O–H groups in total. The minimum Gasteiger partial charge on any atom is -0.495 e. The third-order valence-electron chi connectivity index (χ3n) is 3.31. The molecule has 0 spiro atoms. The summed E-state index contributed by atoms with van der Waals surface area (Å²) in [7, 11) is 1.58. The molecule has 0 saturated heterocycles. The van der Waals surface area contributed by atoms with E-state index >= 15 is 0 Å². The normalized spacial score (nSPS) is 10.5. The van der Waals surface area contributed by atoms with E-state index in [9.17, 15) is 4.79 Å². The number of benzene rings is 1. The number of thioether (sulfide) groups is 1. The second-order valence-corrected chi connectivity index (χ2v) is 6.39. The highest BCUT2D eigenvalue weighted by molar-refractivity contribution is 7.99. The Morgan fingerprint density at radius 1 is 1.44 bits per heavy atom. The van der Waals surface area contributed by atoms with Gasteiger partial charge in [0.05, 0.1) is 24.5 Å². The number of carbonyl (C=O) groups is 1. The smallest absolute Gasteiger partial charge is 0.316 e. The maximum atomic E-state index is 11.5. The van der Waals surface area contributed by atoms with Crippen LogP contribution in [0.25, 0.3) is 0 Å². The summed E-state index contributed by atoms with van der Waals surface area (Å²) in [6.45, 7) is 6.47. The first-order chi connectivity index (χ1) is 12.1. The Morgan fingerprint density at radius 2 is 2.24 bits per heavy atom. The average Bonchev–Trinajstić information content (AvgIpc) is 2.96. The van der Waals surface area contributed by atoms with Crippen LogP contribution in [0, 0.1) is 0 Å². The van der Waals surface area contributed by atoms with E-state index < -0.39 is 0 Å². The molecule has 0 fully saturated rings. The molecule has 6 nitrogen and oxygen atoms in total. The van der Waals surface area contributed by atoms with Crippen LogP contribution in [-0.4, -0.2) is 40.2 Å². The molecule has 1 heterocycles. The fourth-order valence-electron chi connectivity index (χ4n) is 2.20. The standard InChI is InChI=1S/C17H20ClN3O3S/c1-4-8-21-15(10-12-6-7-14(23-3)13(18)9-12)19-20-17(21)25-11-16(22)24-5-2/h4,6-7,9H,1,5,8,10-11H2,2-3H3. The van der Waals surface area contributed by atoms with Crippen molar-refractivity contribution in [2.24, 2.45) is 0 Å². The van der Waals surface area contributed by atoms with Crippen LogP contribution in [0.1, 0.15) is 18.3 Å². The lowest BCUT2D eigenvalue weighted by Crippen LogP contribution is -2.09. The molecule has 0 radical (unpaired) electrons. The number of ether oxygens (including phenoxy) is 2. The highest BCUT2D eigenvalue weighted by atomic mass is 35.5. The maximum Gasteiger partial charge on any atom is 0.316 e. The molecule has 2 aromatic rings. The van der Waals surface area contributed by atoms with E-state index in [1.807, 2.05) is 22.8 Å². The molecule has 8 heteroatoms. The van der Waals surface area contributed by atoms with E-state index in [4.69, 9.17) is 21.1 Å². The molecule has 0 aliphatic carbocycles. The Kier molecular flexibility index (Phi) is 7.33. The number of allylic oxidation sites excluding steroid dienone is 1. The van der Waals surface area contributed by atoms with Gasteiger partial charge in [-0.3, -0.25) is 4.79 Å². The van der Waals surface area contributed by atoms with Crippen molar-refractivity contribution in [1.29, 1.82) is 0 Å². The van der Waals surface area contributed by atoms with Crippen molar-refractivity contribution in [3.05, 3.63) is 47.3 Å². The molecule has 0 bridgehead atoms. The molecule has 0 atom stereocenters. The minimum absolute atomic E-state index is 0.192. The number of esters is 1. The zero-order valence-electron chi connectivity index (χ0n) is 14.2. The third kappa shape index (κ3) is 5.24. The number of carbonyl (C=O) groups excluding carboxylic acids is 1. The fraction of sp³-hybridized carbons (Fsp3) is 0.353. The first-order valence-corrected chi connectivity index (χ1v) is 9.09. The second kappa shape index (κ2) is 9.48. The number of methoxy groups -OCH3 is 1. The van der Waals surface area contributed by atoms with Gasteiger partial charge < -0.3 is 14.0 Å². The topological polar surface area (TPSA) is 66.2 Å². The first kappa shape index (κ1) is 19.3. The lowest BCUT2D eigenvalue weighted by molar-refractivity contribution is -0.139. The summed E-state index contributed by atoms with van der Waals surface area (Å²) in [5.41, 5.74) is 0.991. The molecule has 1 aromatic heterocycles. The van der Waals surface area contributed by atoms with Gasteiger partial charge in [-0.25, -0.2) is 0 Å². The SMILES string of the molecule is C=CCn1c(Cc2ccc(OC)c(Cl)c2)nnc1SCC(=O)OCC. The number of halogens is 1. The zero-order valence-corrected chi connectivity index (χ0v) is 15.8. The number of hydrogen-bond donors (Lipinski definition) is 0. The van der Waals surface area contributed by atoms with Crippen molar-refractivity contribution < 1.29 is 14.3 Å². The lowest BCUT2D eigenvalue weighted by atomic mass is 10.1. The summed E-state index contributed by atoms with van der Waals surface area (Å²) in [5, 5.41) is 9.63. The minimum atomic E-state index is -0.274. The second-order valence-electron chi connectivity index (χ2n) is 5.04. The molecular formula is C17H20ClN3O3S. The van der Waals surface area contributed by atoms with E-state index in [1.165, 1.54) is 11.8 Å². The summed E-state index contributed by atoms with van der Waals surface area (Å²) in [5.74, 6) is 1.32. The van der Waals surface area contributed by atoms with E-state index in [-0.39, 0.29) is 11.7 Å². The van der Waals surface area contributed by atoms with Crippen molar-refractivity contribution >= 4 is 29.3 Å². The predicted molar refractivity (Wildman–Crippen MR) is 98.4 cm³/mol. The van der Waals surface area contributed by atoms with E-state index in [2.05, 4.69) is 16.8 Å². The zero-order chi connectivity index (χ0) is 18.2. The van der Waals surface area contributed by atoms with Crippen molar-refractivity contribution in [3.63, 3.8) is 0 Å². The largest absolute Gasteiger partial charge is 0.495 e. The van der Waals surface area contributed by atoms with Crippen molar-refractivity contribution in [2.75, 3.05) is 19.5 Å². The van der Waals surface area contributed by atoms with Gasteiger partial charge in [0.15, 0.2) is 5.16 Å². The molecular weight excluding hydrogens is 362 g/mol. The third-order valence-corrected chi connectivity index (χ3v) is 4.54. The number of rotatable bonds is 9. The van der Waals surface area contributed by atoms with Gasteiger partial charge in [0.2, 0.25) is 0 Å². The Balaban J connectivity index is 2.16. The van der Waals surface area contributed by atoms with Crippen LogP contribution < -0.4 is 4.74 Å². The van der Waals surface area contributed by atoms with Gasteiger partial charge in [0.1, 0.15) is 11.6 Å². The molecule has 25 heavy (non-hydrogen) atoms. The molecule has 0 saturated carbocycles. The lowest BCUT2D eigenvalue weighted by Gasteiger charge is -2.09. The van der Waals surface area contributed by atoms with E-state index in [1.54, 1.807) is 20.1 Å². The molecule has 1 aromatic carbocycles. The monoisotopic (exact) mass is 381 g/mol. The molecule has 0 unspecified atom stereocenters. The van der Waals surface area contributed by atoms with Crippen LogP contribution in [0.3, 0.4) is 0 Å². The molecule has 0 aliphatic rings. The van der Waals surface area contributed by atoms with Crippen LogP contribution in [0.4, 0.5) is 0 Å². The van der Waals surface area contributed by atoms with Gasteiger partial charge in [-0.2, -0.15) is 0 Å². The Morgan fingerprint density at radius 3 is 2.88 bits per heavy atom. The molecule has 2 rings (SSSR count). The average molecular weight is 382 g/mol. The van der Waals surface area contributed by atoms with Gasteiger partial charge in [0.25, 0.3) is 0 Å². The van der Waals surface area contributed by atoms with E-state index in [0.29, 0.717) is 35.5 Å².